The summed E-state index contributed by atoms with van der Waals surface area (Å²) in [6, 6.07) is 12.3. The number of ether oxygens (including phenoxy) is 1. The molecule has 1 aliphatic carbocycles. The van der Waals surface area contributed by atoms with E-state index in [1.165, 1.54) is 5.56 Å². The maximum atomic E-state index is 12.1. The van der Waals surface area contributed by atoms with E-state index < -0.39 is 0 Å². The molecule has 1 aliphatic heterocycles. The van der Waals surface area contributed by atoms with Crippen LogP contribution in [0.25, 0.3) is 0 Å². The van der Waals surface area contributed by atoms with Crippen LogP contribution in [-0.4, -0.2) is 23.5 Å². The predicted octanol–water partition coefficient (Wildman–Crippen LogP) is 2.77. The molecule has 1 fully saturated rings. The minimum atomic E-state index is 0.0152. The van der Waals surface area contributed by atoms with Crippen molar-refractivity contribution in [1.82, 2.24) is 10.3 Å². The molecular weight excluding hydrogens is 288 g/mol. The van der Waals surface area contributed by atoms with Crippen LogP contribution in [0.5, 0.6) is 5.75 Å². The fourth-order valence-electron chi connectivity index (χ4n) is 3.05. The number of aromatic nitrogens is 1. The molecule has 1 atom stereocenters. The van der Waals surface area contributed by atoms with Crippen LogP contribution in [0.4, 0.5) is 0 Å². The fraction of sp³-hybridized carbons (Fsp3) is 0.368. The van der Waals surface area contributed by atoms with Crippen molar-refractivity contribution in [1.29, 1.82) is 0 Å². The Morgan fingerprint density at radius 2 is 2.13 bits per heavy atom. The monoisotopic (exact) mass is 308 g/mol. The molecule has 1 saturated carbocycles. The molecule has 0 unspecified atom stereocenters. The predicted molar refractivity (Wildman–Crippen MR) is 87.6 cm³/mol. The molecule has 1 N–H and O–H groups in total. The van der Waals surface area contributed by atoms with Crippen molar-refractivity contribution >= 4 is 5.91 Å². The third-order valence-electron chi connectivity index (χ3n) is 4.44. The first-order valence-electron chi connectivity index (χ1n) is 8.24. The first-order valence-corrected chi connectivity index (χ1v) is 8.24. The quantitative estimate of drug-likeness (QED) is 0.945. The molecule has 118 valence electrons. The highest BCUT2D eigenvalue weighted by atomic mass is 16.5. The summed E-state index contributed by atoms with van der Waals surface area (Å²) in [5.41, 5.74) is 2.92. The number of nitrogens with one attached hydrogen (secondary N) is 1. The van der Waals surface area contributed by atoms with Crippen LogP contribution >= 0.6 is 0 Å². The molecule has 1 amide bonds. The normalized spacial score (nSPS) is 19.6. The number of amides is 1. The molecule has 2 heterocycles. The zero-order valence-electron chi connectivity index (χ0n) is 13.0. The molecule has 0 bridgehead atoms. The van der Waals surface area contributed by atoms with E-state index in [2.05, 4.69) is 16.4 Å². The second-order valence-corrected chi connectivity index (χ2v) is 6.48. The molecular formula is C19H20N2O2. The SMILES string of the molecule is O=C(NC1CC1)c1ccnc(C[C@H]2COc3ccccc3C2)c1. The van der Waals surface area contributed by atoms with Gasteiger partial charge in [-0.3, -0.25) is 9.78 Å². The lowest BCUT2D eigenvalue weighted by atomic mass is 9.92. The van der Waals surface area contributed by atoms with Gasteiger partial charge in [0.25, 0.3) is 5.91 Å². The van der Waals surface area contributed by atoms with E-state index in [9.17, 15) is 4.79 Å². The Hall–Kier alpha value is -2.36. The number of carbonyl (C=O) groups excluding carboxylic acids is 1. The molecule has 2 aromatic rings. The van der Waals surface area contributed by atoms with E-state index in [-0.39, 0.29) is 5.91 Å². The summed E-state index contributed by atoms with van der Waals surface area (Å²) in [5.74, 6) is 1.41. The Labute approximate surface area is 135 Å². The van der Waals surface area contributed by atoms with Gasteiger partial charge >= 0.3 is 0 Å². The molecule has 2 aliphatic rings. The molecule has 1 aromatic heterocycles. The lowest BCUT2D eigenvalue weighted by molar-refractivity contribution is 0.0951. The maximum Gasteiger partial charge on any atom is 0.251 e. The van der Waals surface area contributed by atoms with Gasteiger partial charge in [0.1, 0.15) is 5.75 Å². The Balaban J connectivity index is 1.44. The van der Waals surface area contributed by atoms with Gasteiger partial charge < -0.3 is 10.1 Å². The third kappa shape index (κ3) is 3.36. The zero-order valence-corrected chi connectivity index (χ0v) is 13.0. The molecule has 1 aromatic carbocycles. The molecule has 0 saturated heterocycles. The van der Waals surface area contributed by atoms with Gasteiger partial charge in [-0.2, -0.15) is 0 Å². The van der Waals surface area contributed by atoms with E-state index in [1.807, 2.05) is 24.3 Å². The van der Waals surface area contributed by atoms with E-state index in [4.69, 9.17) is 4.74 Å². The Bertz CT molecular complexity index is 725. The Kier molecular flexibility index (Phi) is 3.74. The standard InChI is InChI=1S/C19H20N2O2/c22-19(21-16-5-6-16)15-7-8-20-17(11-15)10-13-9-14-3-1-2-4-18(14)23-12-13/h1-4,7-8,11,13,16H,5-6,9-10,12H2,(H,21,22)/t13-/m0/s1. The third-order valence-corrected chi connectivity index (χ3v) is 4.44. The molecule has 23 heavy (non-hydrogen) atoms. The molecule has 0 radical (unpaired) electrons. The van der Waals surface area contributed by atoms with E-state index >= 15 is 0 Å². The van der Waals surface area contributed by atoms with Crippen molar-refractivity contribution in [3.05, 3.63) is 59.4 Å². The van der Waals surface area contributed by atoms with E-state index in [0.29, 0.717) is 24.1 Å². The van der Waals surface area contributed by atoms with Crippen LogP contribution in [0.1, 0.15) is 34.5 Å². The highest BCUT2D eigenvalue weighted by molar-refractivity contribution is 5.94. The molecule has 4 nitrogen and oxygen atoms in total. The van der Waals surface area contributed by atoms with Crippen molar-refractivity contribution < 1.29 is 9.53 Å². The highest BCUT2D eigenvalue weighted by Gasteiger charge is 2.24. The number of para-hydroxylation sites is 1. The second kappa shape index (κ2) is 6.03. The number of benzene rings is 1. The summed E-state index contributed by atoms with van der Waals surface area (Å²) in [6.45, 7) is 0.706. The van der Waals surface area contributed by atoms with Gasteiger partial charge in [-0.05, 0) is 49.4 Å². The number of pyridine rings is 1. The van der Waals surface area contributed by atoms with Gasteiger partial charge in [0.05, 0.1) is 6.61 Å². The van der Waals surface area contributed by atoms with Crippen molar-refractivity contribution in [3.63, 3.8) is 0 Å². The van der Waals surface area contributed by atoms with Crippen LogP contribution in [0.15, 0.2) is 42.6 Å². The van der Waals surface area contributed by atoms with Crippen molar-refractivity contribution in [2.75, 3.05) is 6.61 Å². The minimum absolute atomic E-state index is 0.0152. The first kappa shape index (κ1) is 14.2. The highest BCUT2D eigenvalue weighted by Crippen LogP contribution is 2.28. The van der Waals surface area contributed by atoms with Crippen molar-refractivity contribution in [3.8, 4) is 5.75 Å². The average Bonchev–Trinajstić information content (AvgIpc) is 3.39. The van der Waals surface area contributed by atoms with Gasteiger partial charge in [0, 0.05) is 29.4 Å². The number of hydrogen-bond donors (Lipinski definition) is 1. The number of hydrogen-bond acceptors (Lipinski definition) is 3. The van der Waals surface area contributed by atoms with Crippen LogP contribution in [-0.2, 0) is 12.8 Å². The summed E-state index contributed by atoms with van der Waals surface area (Å²) in [5, 5.41) is 3.02. The zero-order chi connectivity index (χ0) is 15.6. The summed E-state index contributed by atoms with van der Waals surface area (Å²) in [6.07, 6.45) is 5.76. The second-order valence-electron chi connectivity index (χ2n) is 6.48. The summed E-state index contributed by atoms with van der Waals surface area (Å²) < 4.78 is 5.84. The van der Waals surface area contributed by atoms with Crippen LogP contribution in [0, 0.1) is 5.92 Å². The number of nitrogens with zero attached hydrogens (tertiary/aromatic N) is 1. The smallest absolute Gasteiger partial charge is 0.251 e. The number of rotatable bonds is 4. The largest absolute Gasteiger partial charge is 0.493 e. The molecule has 4 rings (SSSR count). The van der Waals surface area contributed by atoms with Gasteiger partial charge in [-0.15, -0.1) is 0 Å². The van der Waals surface area contributed by atoms with Gasteiger partial charge in [0.15, 0.2) is 0 Å². The van der Waals surface area contributed by atoms with Gasteiger partial charge in [-0.1, -0.05) is 18.2 Å². The fourth-order valence-corrected chi connectivity index (χ4v) is 3.05. The minimum Gasteiger partial charge on any atom is -0.493 e. The number of carbonyl (C=O) groups is 1. The van der Waals surface area contributed by atoms with Crippen LogP contribution < -0.4 is 10.1 Å². The first-order chi connectivity index (χ1) is 11.3. The average molecular weight is 308 g/mol. The van der Waals surface area contributed by atoms with E-state index in [1.54, 1.807) is 12.3 Å². The van der Waals surface area contributed by atoms with Crippen LogP contribution in [0.2, 0.25) is 0 Å². The Morgan fingerprint density at radius 3 is 3.00 bits per heavy atom. The van der Waals surface area contributed by atoms with Crippen LogP contribution in [0.3, 0.4) is 0 Å². The summed E-state index contributed by atoms with van der Waals surface area (Å²) >= 11 is 0. The van der Waals surface area contributed by atoms with Crippen molar-refractivity contribution in [2.45, 2.75) is 31.7 Å². The van der Waals surface area contributed by atoms with Gasteiger partial charge in [0.2, 0.25) is 0 Å². The van der Waals surface area contributed by atoms with Gasteiger partial charge in [-0.25, -0.2) is 0 Å². The van der Waals surface area contributed by atoms with Crippen molar-refractivity contribution in [2.24, 2.45) is 5.92 Å². The number of fused-ring (bicyclic) bond motifs is 1. The maximum absolute atomic E-state index is 12.1. The summed E-state index contributed by atoms with van der Waals surface area (Å²) in [4.78, 5) is 16.6. The summed E-state index contributed by atoms with van der Waals surface area (Å²) in [7, 11) is 0. The lowest BCUT2D eigenvalue weighted by Crippen LogP contribution is -2.26. The topological polar surface area (TPSA) is 51.2 Å². The lowest BCUT2D eigenvalue weighted by Gasteiger charge is -2.25. The Morgan fingerprint density at radius 1 is 1.26 bits per heavy atom. The molecule has 0 spiro atoms. The molecule has 4 heteroatoms. The van der Waals surface area contributed by atoms with E-state index in [0.717, 1.165) is 37.1 Å².